The van der Waals surface area contributed by atoms with Crippen LogP contribution >= 0.6 is 11.6 Å². The fourth-order valence-corrected chi connectivity index (χ4v) is 2.20. The molecule has 0 bridgehead atoms. The Kier molecular flexibility index (Phi) is 3.79. The van der Waals surface area contributed by atoms with Crippen molar-refractivity contribution in [2.75, 3.05) is 13.2 Å². The fourth-order valence-electron chi connectivity index (χ4n) is 1.96. The van der Waals surface area contributed by atoms with Crippen molar-refractivity contribution in [1.29, 1.82) is 0 Å². The monoisotopic (exact) mass is 244 g/mol. The number of benzene rings is 1. The van der Waals surface area contributed by atoms with E-state index in [-0.39, 0.29) is 18.2 Å². The van der Waals surface area contributed by atoms with E-state index in [9.17, 15) is 9.50 Å². The highest BCUT2D eigenvalue weighted by Crippen LogP contribution is 2.25. The van der Waals surface area contributed by atoms with Gasteiger partial charge in [0, 0.05) is 29.5 Å². The second-order valence-corrected chi connectivity index (χ2v) is 4.50. The summed E-state index contributed by atoms with van der Waals surface area (Å²) in [5.41, 5.74) is 0.392. The molecule has 2 nitrogen and oxygen atoms in total. The number of aliphatic hydroxyl groups excluding tert-OH is 1. The van der Waals surface area contributed by atoms with E-state index >= 15 is 0 Å². The Morgan fingerprint density at radius 1 is 1.56 bits per heavy atom. The Morgan fingerprint density at radius 2 is 2.38 bits per heavy atom. The van der Waals surface area contributed by atoms with Crippen LogP contribution in [0.5, 0.6) is 0 Å². The van der Waals surface area contributed by atoms with Crippen molar-refractivity contribution in [3.63, 3.8) is 0 Å². The van der Waals surface area contributed by atoms with E-state index < -0.39 is 6.10 Å². The van der Waals surface area contributed by atoms with Gasteiger partial charge in [0.15, 0.2) is 0 Å². The van der Waals surface area contributed by atoms with Crippen molar-refractivity contribution in [2.45, 2.75) is 18.9 Å². The molecule has 1 fully saturated rings. The third kappa shape index (κ3) is 2.54. The second kappa shape index (κ2) is 5.13. The topological polar surface area (TPSA) is 29.5 Å². The Bertz CT molecular complexity index is 344. The zero-order valence-corrected chi connectivity index (χ0v) is 9.58. The lowest BCUT2D eigenvalue weighted by atomic mass is 9.95. The minimum absolute atomic E-state index is 0.0932. The quantitative estimate of drug-likeness (QED) is 0.885. The van der Waals surface area contributed by atoms with E-state index in [1.807, 2.05) is 0 Å². The third-order valence-corrected chi connectivity index (χ3v) is 3.34. The number of ether oxygens (including phenoxy) is 1. The molecule has 2 rings (SSSR count). The van der Waals surface area contributed by atoms with E-state index in [2.05, 4.69) is 0 Å². The molecule has 88 valence electrons. The van der Waals surface area contributed by atoms with Crippen molar-refractivity contribution in [3.05, 3.63) is 34.6 Å². The third-order valence-electron chi connectivity index (χ3n) is 2.98. The summed E-state index contributed by atoms with van der Waals surface area (Å²) in [4.78, 5) is 0. The molecule has 1 aliphatic heterocycles. The van der Waals surface area contributed by atoms with Gasteiger partial charge in [-0.3, -0.25) is 0 Å². The van der Waals surface area contributed by atoms with Gasteiger partial charge in [0.1, 0.15) is 5.82 Å². The summed E-state index contributed by atoms with van der Waals surface area (Å²) in [6.45, 7) is 1.22. The van der Waals surface area contributed by atoms with Crippen molar-refractivity contribution in [1.82, 2.24) is 0 Å². The van der Waals surface area contributed by atoms with Gasteiger partial charge >= 0.3 is 0 Å². The molecule has 1 aromatic rings. The van der Waals surface area contributed by atoms with E-state index in [1.54, 1.807) is 12.1 Å². The standard InChI is InChI=1S/C12H14ClFO2/c13-10-2-1-3-11(14)9(10)6-12(15)8-4-5-16-7-8/h1-3,8,12,15H,4-7H2. The molecule has 1 N–H and O–H groups in total. The van der Waals surface area contributed by atoms with Crippen LogP contribution in [-0.4, -0.2) is 24.4 Å². The normalized spacial score (nSPS) is 22.3. The highest BCUT2D eigenvalue weighted by atomic mass is 35.5. The summed E-state index contributed by atoms with van der Waals surface area (Å²) in [5.74, 6) is -0.263. The minimum Gasteiger partial charge on any atom is -0.392 e. The van der Waals surface area contributed by atoms with Gasteiger partial charge in [0.25, 0.3) is 0 Å². The molecular weight excluding hydrogens is 231 g/mol. The van der Waals surface area contributed by atoms with Crippen LogP contribution in [0.3, 0.4) is 0 Å². The molecule has 0 radical (unpaired) electrons. The Balaban J connectivity index is 2.07. The summed E-state index contributed by atoms with van der Waals surface area (Å²) in [7, 11) is 0. The summed E-state index contributed by atoms with van der Waals surface area (Å²) < 4.78 is 18.7. The van der Waals surface area contributed by atoms with Crippen LogP contribution in [0, 0.1) is 11.7 Å². The molecule has 2 atom stereocenters. The van der Waals surface area contributed by atoms with E-state index in [1.165, 1.54) is 6.07 Å². The van der Waals surface area contributed by atoms with Gasteiger partial charge in [-0.25, -0.2) is 4.39 Å². The number of aliphatic hydroxyl groups is 1. The van der Waals surface area contributed by atoms with Crippen LogP contribution in [0.25, 0.3) is 0 Å². The number of rotatable bonds is 3. The first-order chi connectivity index (χ1) is 7.68. The Hall–Kier alpha value is -0.640. The van der Waals surface area contributed by atoms with Crippen LogP contribution in [-0.2, 0) is 11.2 Å². The zero-order valence-electron chi connectivity index (χ0n) is 8.83. The molecule has 0 spiro atoms. The molecule has 0 aromatic heterocycles. The molecule has 1 aliphatic rings. The second-order valence-electron chi connectivity index (χ2n) is 4.10. The van der Waals surface area contributed by atoms with Gasteiger partial charge in [-0.2, -0.15) is 0 Å². The first-order valence-electron chi connectivity index (χ1n) is 5.37. The number of hydrogen-bond acceptors (Lipinski definition) is 2. The maximum Gasteiger partial charge on any atom is 0.127 e. The highest BCUT2D eigenvalue weighted by molar-refractivity contribution is 6.31. The molecule has 2 unspecified atom stereocenters. The summed E-state index contributed by atoms with van der Waals surface area (Å²) >= 11 is 5.90. The van der Waals surface area contributed by atoms with Gasteiger partial charge in [0.05, 0.1) is 12.7 Å². The van der Waals surface area contributed by atoms with Crippen molar-refractivity contribution in [2.24, 2.45) is 5.92 Å². The van der Waals surface area contributed by atoms with Gasteiger partial charge in [-0.1, -0.05) is 17.7 Å². The first-order valence-corrected chi connectivity index (χ1v) is 5.75. The van der Waals surface area contributed by atoms with Crippen molar-refractivity contribution >= 4 is 11.6 Å². The van der Waals surface area contributed by atoms with Gasteiger partial charge in [-0.05, 0) is 18.6 Å². The fraction of sp³-hybridized carbons (Fsp3) is 0.500. The molecule has 1 saturated heterocycles. The SMILES string of the molecule is OC(Cc1c(F)cccc1Cl)C1CCOC1. The lowest BCUT2D eigenvalue weighted by Gasteiger charge is -2.17. The number of halogens is 2. The van der Waals surface area contributed by atoms with E-state index in [4.69, 9.17) is 16.3 Å². The van der Waals surface area contributed by atoms with Crippen LogP contribution in [0.4, 0.5) is 4.39 Å². The van der Waals surface area contributed by atoms with Gasteiger partial charge in [-0.15, -0.1) is 0 Å². The average molecular weight is 245 g/mol. The molecular formula is C12H14ClFO2. The molecule has 16 heavy (non-hydrogen) atoms. The van der Waals surface area contributed by atoms with Crippen LogP contribution in [0.2, 0.25) is 5.02 Å². The van der Waals surface area contributed by atoms with Crippen LogP contribution in [0.1, 0.15) is 12.0 Å². The van der Waals surface area contributed by atoms with Crippen molar-refractivity contribution < 1.29 is 14.2 Å². The molecule has 4 heteroatoms. The number of hydrogen-bond donors (Lipinski definition) is 1. The summed E-state index contributed by atoms with van der Waals surface area (Å²) in [5, 5.41) is 10.3. The predicted molar refractivity (Wildman–Crippen MR) is 60.0 cm³/mol. The Labute approximate surface area is 99.0 Å². The van der Waals surface area contributed by atoms with Gasteiger partial charge < -0.3 is 9.84 Å². The minimum atomic E-state index is -0.586. The lowest BCUT2D eigenvalue weighted by Crippen LogP contribution is -2.23. The molecule has 1 heterocycles. The lowest BCUT2D eigenvalue weighted by molar-refractivity contribution is 0.0912. The smallest absolute Gasteiger partial charge is 0.127 e. The molecule has 0 aliphatic carbocycles. The molecule has 1 aromatic carbocycles. The zero-order chi connectivity index (χ0) is 11.5. The van der Waals surface area contributed by atoms with Gasteiger partial charge in [0.2, 0.25) is 0 Å². The predicted octanol–water partition coefficient (Wildman–Crippen LogP) is 2.42. The maximum atomic E-state index is 13.5. The first kappa shape index (κ1) is 11.8. The van der Waals surface area contributed by atoms with E-state index in [0.29, 0.717) is 23.8 Å². The van der Waals surface area contributed by atoms with Crippen LogP contribution < -0.4 is 0 Å². The van der Waals surface area contributed by atoms with E-state index in [0.717, 1.165) is 6.42 Å². The highest BCUT2D eigenvalue weighted by Gasteiger charge is 2.25. The molecule has 0 saturated carbocycles. The summed E-state index contributed by atoms with van der Waals surface area (Å²) in [6.07, 6.45) is 0.490. The largest absolute Gasteiger partial charge is 0.392 e. The van der Waals surface area contributed by atoms with Crippen LogP contribution in [0.15, 0.2) is 18.2 Å². The average Bonchev–Trinajstić information content (AvgIpc) is 2.76. The maximum absolute atomic E-state index is 13.5. The Morgan fingerprint density at radius 3 is 3.00 bits per heavy atom. The van der Waals surface area contributed by atoms with Crippen molar-refractivity contribution in [3.8, 4) is 0 Å². The molecule has 0 amide bonds. The summed E-state index contributed by atoms with van der Waals surface area (Å²) in [6, 6.07) is 4.56.